The molecule has 7 heteroatoms. The lowest BCUT2D eigenvalue weighted by molar-refractivity contribution is -0.120. The molecule has 25 heavy (non-hydrogen) atoms. The Morgan fingerprint density at radius 3 is 2.68 bits per heavy atom. The summed E-state index contributed by atoms with van der Waals surface area (Å²) in [5.41, 5.74) is 1.00. The van der Waals surface area contributed by atoms with Crippen molar-refractivity contribution in [3.8, 4) is 0 Å². The van der Waals surface area contributed by atoms with Gasteiger partial charge in [0.1, 0.15) is 0 Å². The second-order valence-electron chi connectivity index (χ2n) is 5.98. The van der Waals surface area contributed by atoms with Crippen LogP contribution in [0.3, 0.4) is 0 Å². The fourth-order valence-corrected chi connectivity index (χ4v) is 3.52. The lowest BCUT2D eigenvalue weighted by Gasteiger charge is -2.18. The van der Waals surface area contributed by atoms with E-state index in [0.717, 1.165) is 12.8 Å². The number of aromatic nitrogens is 3. The number of aromatic amines is 1. The van der Waals surface area contributed by atoms with Gasteiger partial charge in [-0.3, -0.25) is 9.36 Å². The molecular formula is C18H26N4O2S. The Morgan fingerprint density at radius 1 is 1.32 bits per heavy atom. The zero-order chi connectivity index (χ0) is 18.2. The van der Waals surface area contributed by atoms with Crippen LogP contribution in [-0.2, 0) is 11.3 Å². The SMILES string of the molecule is CCCn1c(S[C@@H](C)C(=O)NC[C@@H](CC)c2ccccc2)n[nH]c1=O. The lowest BCUT2D eigenvalue weighted by Crippen LogP contribution is -2.34. The Balaban J connectivity index is 1.93. The van der Waals surface area contributed by atoms with Crippen molar-refractivity contribution in [2.24, 2.45) is 0 Å². The summed E-state index contributed by atoms with van der Waals surface area (Å²) in [5.74, 6) is 0.254. The molecule has 2 atom stereocenters. The Kier molecular flexibility index (Phi) is 7.31. The van der Waals surface area contributed by atoms with Gasteiger partial charge >= 0.3 is 5.69 Å². The molecule has 0 aliphatic rings. The number of H-pyrrole nitrogens is 1. The van der Waals surface area contributed by atoms with Crippen molar-refractivity contribution in [3.63, 3.8) is 0 Å². The molecule has 0 radical (unpaired) electrons. The van der Waals surface area contributed by atoms with E-state index in [-0.39, 0.29) is 16.8 Å². The number of hydrogen-bond donors (Lipinski definition) is 2. The second-order valence-corrected chi connectivity index (χ2v) is 7.29. The average Bonchev–Trinajstić information content (AvgIpc) is 2.96. The molecule has 2 aromatic rings. The van der Waals surface area contributed by atoms with Crippen LogP contribution in [0.4, 0.5) is 0 Å². The summed E-state index contributed by atoms with van der Waals surface area (Å²) in [4.78, 5) is 24.1. The molecule has 6 nitrogen and oxygen atoms in total. The first kappa shape index (κ1) is 19.3. The number of rotatable bonds is 9. The fourth-order valence-electron chi connectivity index (χ4n) is 2.62. The molecule has 1 heterocycles. The van der Waals surface area contributed by atoms with Crippen molar-refractivity contribution >= 4 is 17.7 Å². The number of benzene rings is 1. The van der Waals surface area contributed by atoms with Gasteiger partial charge in [-0.2, -0.15) is 0 Å². The van der Waals surface area contributed by atoms with E-state index in [1.54, 1.807) is 4.57 Å². The van der Waals surface area contributed by atoms with Gasteiger partial charge in [0.2, 0.25) is 5.91 Å². The highest BCUT2D eigenvalue weighted by atomic mass is 32.2. The van der Waals surface area contributed by atoms with Gasteiger partial charge in [0.05, 0.1) is 5.25 Å². The highest BCUT2D eigenvalue weighted by molar-refractivity contribution is 8.00. The van der Waals surface area contributed by atoms with Crippen molar-refractivity contribution in [1.29, 1.82) is 0 Å². The third-order valence-electron chi connectivity index (χ3n) is 4.11. The minimum absolute atomic E-state index is 0.0436. The predicted octanol–water partition coefficient (Wildman–Crippen LogP) is 2.77. The van der Waals surface area contributed by atoms with Crippen LogP contribution in [0.1, 0.15) is 45.1 Å². The molecule has 0 aliphatic carbocycles. The number of thioether (sulfide) groups is 1. The summed E-state index contributed by atoms with van der Waals surface area (Å²) >= 11 is 1.30. The van der Waals surface area contributed by atoms with E-state index in [9.17, 15) is 9.59 Å². The smallest absolute Gasteiger partial charge is 0.343 e. The molecule has 1 aromatic heterocycles. The maximum Gasteiger partial charge on any atom is 0.343 e. The van der Waals surface area contributed by atoms with Gasteiger partial charge in [-0.25, -0.2) is 9.89 Å². The normalized spacial score (nSPS) is 13.4. The molecule has 0 fully saturated rings. The maximum absolute atomic E-state index is 12.4. The van der Waals surface area contributed by atoms with Crippen molar-refractivity contribution < 1.29 is 4.79 Å². The summed E-state index contributed by atoms with van der Waals surface area (Å²) in [7, 11) is 0. The topological polar surface area (TPSA) is 79.8 Å². The molecule has 0 spiro atoms. The summed E-state index contributed by atoms with van der Waals surface area (Å²) in [6.45, 7) is 7.15. The average molecular weight is 362 g/mol. The van der Waals surface area contributed by atoms with Crippen molar-refractivity contribution in [3.05, 3.63) is 46.4 Å². The molecule has 1 aromatic carbocycles. The van der Waals surface area contributed by atoms with Crippen LogP contribution in [0.5, 0.6) is 0 Å². The molecule has 0 bridgehead atoms. The van der Waals surface area contributed by atoms with Crippen LogP contribution in [0, 0.1) is 0 Å². The number of carbonyl (C=O) groups excluding carboxylic acids is 1. The van der Waals surface area contributed by atoms with Crippen molar-refractivity contribution in [1.82, 2.24) is 20.1 Å². The van der Waals surface area contributed by atoms with Gasteiger partial charge in [-0.1, -0.05) is 55.9 Å². The standard InChI is InChI=1S/C18H26N4O2S/c1-4-11-22-17(24)20-21-18(22)25-13(3)16(23)19-12-14(5-2)15-9-7-6-8-10-15/h6-10,13-14H,4-5,11-12H2,1-3H3,(H,19,23)(H,20,24)/t13-,14+/m0/s1. The Bertz CT molecular complexity index is 726. The molecule has 0 unspecified atom stereocenters. The van der Waals surface area contributed by atoms with Crippen LogP contribution in [0.2, 0.25) is 0 Å². The van der Waals surface area contributed by atoms with E-state index in [4.69, 9.17) is 0 Å². The first-order chi connectivity index (χ1) is 12.1. The first-order valence-electron chi connectivity index (χ1n) is 8.71. The highest BCUT2D eigenvalue weighted by Crippen LogP contribution is 2.21. The van der Waals surface area contributed by atoms with Crippen LogP contribution < -0.4 is 11.0 Å². The van der Waals surface area contributed by atoms with Crippen LogP contribution in [0.25, 0.3) is 0 Å². The van der Waals surface area contributed by atoms with Crippen molar-refractivity contribution in [2.75, 3.05) is 6.54 Å². The molecule has 0 aliphatic heterocycles. The zero-order valence-corrected chi connectivity index (χ0v) is 15.8. The number of amides is 1. The third-order valence-corrected chi connectivity index (χ3v) is 5.20. The van der Waals surface area contributed by atoms with Gasteiger partial charge in [-0.05, 0) is 25.3 Å². The highest BCUT2D eigenvalue weighted by Gasteiger charge is 2.20. The predicted molar refractivity (Wildman–Crippen MR) is 101 cm³/mol. The fraction of sp³-hybridized carbons (Fsp3) is 0.500. The van der Waals surface area contributed by atoms with Gasteiger partial charge in [0.25, 0.3) is 0 Å². The van der Waals surface area contributed by atoms with E-state index in [2.05, 4.69) is 34.6 Å². The monoisotopic (exact) mass is 362 g/mol. The molecule has 0 saturated carbocycles. The molecule has 136 valence electrons. The Hall–Kier alpha value is -2.02. The van der Waals surface area contributed by atoms with E-state index in [0.29, 0.717) is 24.2 Å². The molecule has 1 amide bonds. The first-order valence-corrected chi connectivity index (χ1v) is 9.59. The second kappa shape index (κ2) is 9.46. The largest absolute Gasteiger partial charge is 0.355 e. The van der Waals surface area contributed by atoms with Crippen LogP contribution in [0.15, 0.2) is 40.3 Å². The Labute approximate surface area is 152 Å². The van der Waals surface area contributed by atoms with Gasteiger partial charge in [0.15, 0.2) is 5.16 Å². The number of nitrogens with one attached hydrogen (secondary N) is 2. The summed E-state index contributed by atoms with van der Waals surface area (Å²) in [6.07, 6.45) is 1.80. The molecule has 0 saturated heterocycles. The Morgan fingerprint density at radius 2 is 2.04 bits per heavy atom. The maximum atomic E-state index is 12.4. The minimum atomic E-state index is -0.320. The summed E-state index contributed by atoms with van der Waals surface area (Å²) < 4.78 is 1.58. The van der Waals surface area contributed by atoms with Gasteiger partial charge < -0.3 is 5.32 Å². The molecular weight excluding hydrogens is 336 g/mol. The van der Waals surface area contributed by atoms with E-state index in [1.807, 2.05) is 32.0 Å². The van der Waals surface area contributed by atoms with E-state index >= 15 is 0 Å². The summed E-state index contributed by atoms with van der Waals surface area (Å²) in [5, 5.41) is 9.74. The van der Waals surface area contributed by atoms with E-state index in [1.165, 1.54) is 17.3 Å². The van der Waals surface area contributed by atoms with Crippen LogP contribution >= 0.6 is 11.8 Å². The minimum Gasteiger partial charge on any atom is -0.355 e. The van der Waals surface area contributed by atoms with Gasteiger partial charge in [-0.15, -0.1) is 5.10 Å². The van der Waals surface area contributed by atoms with Crippen LogP contribution in [-0.4, -0.2) is 32.5 Å². The lowest BCUT2D eigenvalue weighted by atomic mass is 9.96. The zero-order valence-electron chi connectivity index (χ0n) is 15.0. The third kappa shape index (κ3) is 5.22. The van der Waals surface area contributed by atoms with E-state index < -0.39 is 0 Å². The number of carbonyl (C=O) groups is 1. The quantitative estimate of drug-likeness (QED) is 0.672. The molecule has 2 N–H and O–H groups in total. The van der Waals surface area contributed by atoms with Crippen molar-refractivity contribution in [2.45, 2.75) is 56.5 Å². The molecule has 2 rings (SSSR count). The number of nitrogens with zero attached hydrogens (tertiary/aromatic N) is 2. The van der Waals surface area contributed by atoms with Gasteiger partial charge in [0, 0.05) is 19.0 Å². The number of hydrogen-bond acceptors (Lipinski definition) is 4. The summed E-state index contributed by atoms with van der Waals surface area (Å²) in [6, 6.07) is 10.2.